The summed E-state index contributed by atoms with van der Waals surface area (Å²) in [6.07, 6.45) is 2.66. The van der Waals surface area contributed by atoms with Gasteiger partial charge in [-0.1, -0.05) is 52.7 Å². The molecular formula is C30H36BrN3O4S2. The first-order valence-corrected chi connectivity index (χ1v) is 16.5. The lowest BCUT2D eigenvalue weighted by Crippen LogP contribution is -2.52. The van der Waals surface area contributed by atoms with Crippen LogP contribution >= 0.6 is 27.7 Å². The molecule has 2 atom stereocenters. The van der Waals surface area contributed by atoms with Gasteiger partial charge in [-0.2, -0.15) is 0 Å². The first-order valence-electron chi connectivity index (χ1n) is 13.0. The molecule has 0 fully saturated rings. The molecule has 0 bridgehead atoms. The Hall–Kier alpha value is -2.82. The predicted molar refractivity (Wildman–Crippen MR) is 166 cm³/mol. The molecule has 3 rings (SSSR count). The van der Waals surface area contributed by atoms with Crippen LogP contribution in [-0.4, -0.2) is 50.0 Å². The summed E-state index contributed by atoms with van der Waals surface area (Å²) in [4.78, 5) is 29.6. The summed E-state index contributed by atoms with van der Waals surface area (Å²) in [7, 11) is -4.10. The zero-order valence-electron chi connectivity index (χ0n) is 23.4. The van der Waals surface area contributed by atoms with E-state index in [0.717, 1.165) is 31.2 Å². The van der Waals surface area contributed by atoms with Crippen molar-refractivity contribution in [1.29, 1.82) is 0 Å². The van der Waals surface area contributed by atoms with Gasteiger partial charge in [-0.3, -0.25) is 13.9 Å². The maximum atomic E-state index is 14.0. The number of anilines is 1. The number of sulfonamides is 1. The lowest BCUT2D eigenvalue weighted by atomic mass is 10.1. The molecule has 0 unspecified atom stereocenters. The van der Waals surface area contributed by atoms with Crippen molar-refractivity contribution in [3.63, 3.8) is 0 Å². The second-order valence-corrected chi connectivity index (χ2v) is 13.3. The summed E-state index contributed by atoms with van der Waals surface area (Å²) < 4.78 is 29.9. The SMILES string of the molecule is CC[C@H](C)NC(=O)[C@@H](C)N(Cc1ccc(Br)cc1)C(=O)CN(c1ccc(C)cc1)S(=O)(=O)c1ccc(SC)cc1. The third kappa shape index (κ3) is 8.11. The Kier molecular flexibility index (Phi) is 11.2. The van der Waals surface area contributed by atoms with Crippen molar-refractivity contribution in [2.75, 3.05) is 17.1 Å². The van der Waals surface area contributed by atoms with Crippen LogP contribution < -0.4 is 9.62 Å². The number of nitrogens with zero attached hydrogens (tertiary/aromatic N) is 2. The number of carbonyl (C=O) groups excluding carboxylic acids is 2. The van der Waals surface area contributed by atoms with Gasteiger partial charge in [-0.15, -0.1) is 11.8 Å². The van der Waals surface area contributed by atoms with Gasteiger partial charge in [0.15, 0.2) is 0 Å². The summed E-state index contributed by atoms with van der Waals surface area (Å²) in [5.74, 6) is -0.781. The average molecular weight is 647 g/mol. The van der Waals surface area contributed by atoms with Crippen molar-refractivity contribution in [3.05, 3.63) is 88.4 Å². The molecule has 0 aliphatic carbocycles. The Bertz CT molecular complexity index is 1400. The maximum absolute atomic E-state index is 14.0. The number of hydrogen-bond donors (Lipinski definition) is 1. The molecule has 0 aliphatic rings. The largest absolute Gasteiger partial charge is 0.352 e. The lowest BCUT2D eigenvalue weighted by molar-refractivity contribution is -0.139. The Morgan fingerprint density at radius 1 is 0.950 bits per heavy atom. The molecule has 40 heavy (non-hydrogen) atoms. The maximum Gasteiger partial charge on any atom is 0.264 e. The zero-order valence-corrected chi connectivity index (χ0v) is 26.6. The number of hydrogen-bond acceptors (Lipinski definition) is 5. The topological polar surface area (TPSA) is 86.8 Å². The number of thioether (sulfide) groups is 1. The standard InChI is InChI=1S/C30H36BrN3O4S2/c1-6-22(3)32-30(36)23(4)33(19-24-9-11-25(31)12-10-24)29(35)20-34(26-13-7-21(2)8-14-26)40(37,38)28-17-15-27(39-5)16-18-28/h7-18,22-23H,6,19-20H2,1-5H3,(H,32,36)/t22-,23+/m0/s1. The molecular weight excluding hydrogens is 610 g/mol. The Balaban J connectivity index is 2.01. The van der Waals surface area contributed by atoms with E-state index in [2.05, 4.69) is 21.2 Å². The third-order valence-electron chi connectivity index (χ3n) is 6.68. The second kappa shape index (κ2) is 14.2. The van der Waals surface area contributed by atoms with E-state index < -0.39 is 28.5 Å². The van der Waals surface area contributed by atoms with E-state index >= 15 is 0 Å². The van der Waals surface area contributed by atoms with Crippen molar-refractivity contribution in [1.82, 2.24) is 10.2 Å². The van der Waals surface area contributed by atoms with E-state index in [1.165, 1.54) is 16.7 Å². The van der Waals surface area contributed by atoms with E-state index in [9.17, 15) is 18.0 Å². The van der Waals surface area contributed by atoms with Crippen LogP contribution in [0.1, 0.15) is 38.3 Å². The van der Waals surface area contributed by atoms with E-state index in [1.807, 2.05) is 51.3 Å². The van der Waals surface area contributed by atoms with Crippen LogP contribution in [0, 0.1) is 6.92 Å². The minimum Gasteiger partial charge on any atom is -0.352 e. The predicted octanol–water partition coefficient (Wildman–Crippen LogP) is 6.01. The minimum absolute atomic E-state index is 0.0618. The normalized spacial score (nSPS) is 12.8. The summed E-state index contributed by atoms with van der Waals surface area (Å²) in [5, 5.41) is 2.94. The van der Waals surface area contributed by atoms with Gasteiger partial charge in [-0.05, 0) is 87.5 Å². The van der Waals surface area contributed by atoms with Crippen LogP contribution in [0.25, 0.3) is 0 Å². The molecule has 0 spiro atoms. The Labute approximate surface area is 250 Å². The molecule has 0 heterocycles. The lowest BCUT2D eigenvalue weighted by Gasteiger charge is -2.32. The molecule has 0 radical (unpaired) electrons. The summed E-state index contributed by atoms with van der Waals surface area (Å²) >= 11 is 4.94. The monoisotopic (exact) mass is 645 g/mol. The van der Waals surface area contributed by atoms with Gasteiger partial charge in [0, 0.05) is 22.0 Å². The van der Waals surface area contributed by atoms with Gasteiger partial charge in [0.05, 0.1) is 10.6 Å². The molecule has 10 heteroatoms. The fourth-order valence-corrected chi connectivity index (χ4v) is 6.04. The smallest absolute Gasteiger partial charge is 0.264 e. The molecule has 0 aliphatic heterocycles. The van der Waals surface area contributed by atoms with E-state index in [1.54, 1.807) is 55.5 Å². The fraction of sp³-hybridized carbons (Fsp3) is 0.333. The molecule has 214 valence electrons. The first-order chi connectivity index (χ1) is 19.0. The Morgan fingerprint density at radius 2 is 1.55 bits per heavy atom. The van der Waals surface area contributed by atoms with Gasteiger partial charge < -0.3 is 10.2 Å². The van der Waals surface area contributed by atoms with Crippen LogP contribution in [0.4, 0.5) is 5.69 Å². The van der Waals surface area contributed by atoms with Gasteiger partial charge in [0.1, 0.15) is 12.6 Å². The molecule has 3 aromatic carbocycles. The number of carbonyl (C=O) groups is 2. The van der Waals surface area contributed by atoms with Crippen LogP contribution in [0.2, 0.25) is 0 Å². The van der Waals surface area contributed by atoms with Gasteiger partial charge in [0.25, 0.3) is 10.0 Å². The van der Waals surface area contributed by atoms with Crippen LogP contribution in [0.3, 0.4) is 0 Å². The van der Waals surface area contributed by atoms with Crippen molar-refractivity contribution in [2.24, 2.45) is 0 Å². The molecule has 0 aromatic heterocycles. The van der Waals surface area contributed by atoms with Gasteiger partial charge in [-0.25, -0.2) is 8.42 Å². The van der Waals surface area contributed by atoms with Crippen LogP contribution in [0.5, 0.6) is 0 Å². The quantitative estimate of drug-likeness (QED) is 0.244. The summed E-state index contributed by atoms with van der Waals surface area (Å²) in [6, 6.07) is 20.2. The molecule has 0 saturated heterocycles. The number of halogens is 1. The van der Waals surface area contributed by atoms with E-state index in [-0.39, 0.29) is 23.4 Å². The highest BCUT2D eigenvalue weighted by atomic mass is 79.9. The Morgan fingerprint density at radius 3 is 2.10 bits per heavy atom. The molecule has 0 saturated carbocycles. The number of benzene rings is 3. The van der Waals surface area contributed by atoms with Crippen LogP contribution in [0.15, 0.2) is 87.1 Å². The molecule has 2 amide bonds. The highest BCUT2D eigenvalue weighted by Gasteiger charge is 2.32. The van der Waals surface area contributed by atoms with Crippen molar-refractivity contribution in [3.8, 4) is 0 Å². The zero-order chi connectivity index (χ0) is 29.4. The molecule has 1 N–H and O–H groups in total. The molecule has 7 nitrogen and oxygen atoms in total. The fourth-order valence-electron chi connectivity index (χ4n) is 3.95. The first kappa shape index (κ1) is 31.7. The van der Waals surface area contributed by atoms with Crippen molar-refractivity contribution >= 4 is 55.2 Å². The minimum atomic E-state index is -4.10. The second-order valence-electron chi connectivity index (χ2n) is 9.66. The number of amides is 2. The number of nitrogens with one attached hydrogen (secondary N) is 1. The number of aryl methyl sites for hydroxylation is 1. The average Bonchev–Trinajstić information content (AvgIpc) is 2.95. The van der Waals surface area contributed by atoms with E-state index in [0.29, 0.717) is 5.69 Å². The van der Waals surface area contributed by atoms with Gasteiger partial charge >= 0.3 is 0 Å². The van der Waals surface area contributed by atoms with Crippen molar-refractivity contribution in [2.45, 2.75) is 62.5 Å². The highest BCUT2D eigenvalue weighted by Crippen LogP contribution is 2.26. The summed E-state index contributed by atoms with van der Waals surface area (Å²) in [5.41, 5.74) is 2.15. The third-order valence-corrected chi connectivity index (χ3v) is 9.74. The number of rotatable bonds is 12. The summed E-state index contributed by atoms with van der Waals surface area (Å²) in [6.45, 7) is 7.13. The van der Waals surface area contributed by atoms with Crippen LogP contribution in [-0.2, 0) is 26.2 Å². The van der Waals surface area contributed by atoms with E-state index in [4.69, 9.17) is 0 Å². The van der Waals surface area contributed by atoms with Crippen molar-refractivity contribution < 1.29 is 18.0 Å². The highest BCUT2D eigenvalue weighted by molar-refractivity contribution is 9.10. The van der Waals surface area contributed by atoms with Gasteiger partial charge in [0.2, 0.25) is 11.8 Å². The molecule has 3 aromatic rings.